The van der Waals surface area contributed by atoms with E-state index in [4.69, 9.17) is 0 Å². The van der Waals surface area contributed by atoms with Crippen LogP contribution in [0.3, 0.4) is 0 Å². The molecule has 1 aromatic carbocycles. The highest BCUT2D eigenvalue weighted by Crippen LogP contribution is 2.21. The molecule has 0 aliphatic carbocycles. The van der Waals surface area contributed by atoms with Crippen molar-refractivity contribution in [3.05, 3.63) is 52.8 Å². The van der Waals surface area contributed by atoms with Gasteiger partial charge >= 0.3 is 0 Å². The lowest BCUT2D eigenvalue weighted by Gasteiger charge is -2.13. The molecule has 2 N–H and O–H groups in total. The normalized spacial score (nSPS) is 16.9. The number of aromatic nitrogens is 1. The summed E-state index contributed by atoms with van der Waals surface area (Å²) < 4.78 is 2.15. The van der Waals surface area contributed by atoms with E-state index in [1.807, 2.05) is 26.0 Å². The largest absolute Gasteiger partial charge is 0.348 e. The first-order valence-electron chi connectivity index (χ1n) is 7.84. The molecule has 0 bridgehead atoms. The van der Waals surface area contributed by atoms with Gasteiger partial charge in [-0.25, -0.2) is 0 Å². The van der Waals surface area contributed by atoms with E-state index in [0.717, 1.165) is 42.1 Å². The Labute approximate surface area is 143 Å². The molecule has 1 aliphatic heterocycles. The fraction of sp³-hybridized carbons (Fsp3) is 0.389. The van der Waals surface area contributed by atoms with E-state index in [1.54, 1.807) is 0 Å². The zero-order chi connectivity index (χ0) is 15.7. The summed E-state index contributed by atoms with van der Waals surface area (Å²) >= 11 is 0. The van der Waals surface area contributed by atoms with Crippen molar-refractivity contribution in [2.75, 3.05) is 13.1 Å². The van der Waals surface area contributed by atoms with Crippen LogP contribution in [0, 0.1) is 20.8 Å². The molecule has 1 amide bonds. The van der Waals surface area contributed by atoms with E-state index in [9.17, 15) is 4.79 Å². The topological polar surface area (TPSA) is 46.1 Å². The fourth-order valence-corrected chi connectivity index (χ4v) is 3.20. The quantitative estimate of drug-likeness (QED) is 0.907. The number of amides is 1. The van der Waals surface area contributed by atoms with Crippen LogP contribution in [-0.2, 0) is 0 Å². The number of benzene rings is 1. The van der Waals surface area contributed by atoms with Crippen molar-refractivity contribution in [3.63, 3.8) is 0 Å². The molecule has 3 rings (SSSR count). The van der Waals surface area contributed by atoms with Gasteiger partial charge in [-0.05, 0) is 57.5 Å². The Morgan fingerprint density at radius 2 is 2.04 bits per heavy atom. The minimum atomic E-state index is 0. The molecule has 124 valence electrons. The smallest absolute Gasteiger partial charge is 0.253 e. The van der Waals surface area contributed by atoms with E-state index in [1.165, 1.54) is 5.56 Å². The Bertz CT molecular complexity index is 702. The molecule has 23 heavy (non-hydrogen) atoms. The van der Waals surface area contributed by atoms with Gasteiger partial charge in [-0.15, -0.1) is 12.4 Å². The third kappa shape index (κ3) is 3.59. The Balaban J connectivity index is 0.00000192. The molecule has 1 saturated heterocycles. The van der Waals surface area contributed by atoms with Crippen LogP contribution >= 0.6 is 12.4 Å². The molecule has 1 aliphatic rings. The van der Waals surface area contributed by atoms with Gasteiger partial charge in [0, 0.05) is 29.7 Å². The van der Waals surface area contributed by atoms with Crippen molar-refractivity contribution in [3.8, 4) is 5.69 Å². The van der Waals surface area contributed by atoms with E-state index in [-0.39, 0.29) is 24.4 Å². The number of hydrogen-bond acceptors (Lipinski definition) is 2. The molecule has 1 fully saturated rings. The Hall–Kier alpha value is -1.78. The average molecular weight is 334 g/mol. The number of rotatable bonds is 3. The standard InChI is InChI=1S/C18H23N3O.ClH/c1-12-5-4-6-16(9-12)21-13(2)10-17(14(21)3)18(22)20-15-7-8-19-11-15;/h4-6,9-10,15,19H,7-8,11H2,1-3H3,(H,20,22);1H. The number of hydrogen-bond donors (Lipinski definition) is 2. The third-order valence-corrected chi connectivity index (χ3v) is 4.33. The lowest BCUT2D eigenvalue weighted by atomic mass is 10.2. The lowest BCUT2D eigenvalue weighted by molar-refractivity contribution is 0.0939. The molecule has 4 nitrogen and oxygen atoms in total. The average Bonchev–Trinajstić information content (AvgIpc) is 3.07. The summed E-state index contributed by atoms with van der Waals surface area (Å²) in [5.74, 6) is 0.0284. The van der Waals surface area contributed by atoms with Crippen LogP contribution in [0.25, 0.3) is 5.69 Å². The summed E-state index contributed by atoms with van der Waals surface area (Å²) in [5.41, 5.74) is 5.17. The maximum atomic E-state index is 12.5. The first kappa shape index (κ1) is 17.6. The molecule has 5 heteroatoms. The van der Waals surface area contributed by atoms with Gasteiger partial charge in [-0.1, -0.05) is 12.1 Å². The fourth-order valence-electron chi connectivity index (χ4n) is 3.20. The summed E-state index contributed by atoms with van der Waals surface area (Å²) in [6.45, 7) is 7.98. The predicted molar refractivity (Wildman–Crippen MR) is 96.0 cm³/mol. The van der Waals surface area contributed by atoms with Crippen molar-refractivity contribution >= 4 is 18.3 Å². The maximum absolute atomic E-state index is 12.5. The molecule has 0 saturated carbocycles. The van der Waals surface area contributed by atoms with Crippen LogP contribution in [-0.4, -0.2) is 29.6 Å². The molecule has 1 unspecified atom stereocenters. The summed E-state index contributed by atoms with van der Waals surface area (Å²) in [5, 5.41) is 6.40. The van der Waals surface area contributed by atoms with E-state index >= 15 is 0 Å². The molecule has 1 aromatic heterocycles. The number of aryl methyl sites for hydroxylation is 2. The van der Waals surface area contributed by atoms with Gasteiger partial charge < -0.3 is 15.2 Å². The second-order valence-corrected chi connectivity index (χ2v) is 6.12. The van der Waals surface area contributed by atoms with Crippen molar-refractivity contribution in [1.82, 2.24) is 15.2 Å². The van der Waals surface area contributed by atoms with Crippen LogP contribution in [0.15, 0.2) is 30.3 Å². The summed E-state index contributed by atoms with van der Waals surface area (Å²) in [6, 6.07) is 10.6. The van der Waals surface area contributed by atoms with Crippen molar-refractivity contribution in [1.29, 1.82) is 0 Å². The van der Waals surface area contributed by atoms with Gasteiger partial charge in [0.2, 0.25) is 0 Å². The van der Waals surface area contributed by atoms with Crippen LogP contribution in [0.4, 0.5) is 0 Å². The first-order chi connectivity index (χ1) is 10.6. The number of carbonyl (C=O) groups excluding carboxylic acids is 1. The van der Waals surface area contributed by atoms with Gasteiger partial charge in [0.15, 0.2) is 0 Å². The molecule has 1 atom stereocenters. The van der Waals surface area contributed by atoms with Crippen molar-refractivity contribution in [2.45, 2.75) is 33.2 Å². The highest BCUT2D eigenvalue weighted by Gasteiger charge is 2.21. The summed E-state index contributed by atoms with van der Waals surface area (Å²) in [7, 11) is 0. The van der Waals surface area contributed by atoms with Crippen molar-refractivity contribution < 1.29 is 4.79 Å². The van der Waals surface area contributed by atoms with Gasteiger partial charge in [0.1, 0.15) is 0 Å². The molecular formula is C18H24ClN3O. The predicted octanol–water partition coefficient (Wildman–Crippen LogP) is 2.92. The Morgan fingerprint density at radius 3 is 2.70 bits per heavy atom. The number of nitrogens with one attached hydrogen (secondary N) is 2. The van der Waals surface area contributed by atoms with Gasteiger partial charge in [-0.2, -0.15) is 0 Å². The minimum Gasteiger partial charge on any atom is -0.348 e. The highest BCUT2D eigenvalue weighted by molar-refractivity contribution is 5.96. The van der Waals surface area contributed by atoms with Crippen LogP contribution in [0.1, 0.15) is 33.7 Å². The summed E-state index contributed by atoms with van der Waals surface area (Å²) in [6.07, 6.45) is 1.00. The highest BCUT2D eigenvalue weighted by atomic mass is 35.5. The molecule has 0 spiro atoms. The number of carbonyl (C=O) groups is 1. The summed E-state index contributed by atoms with van der Waals surface area (Å²) in [4.78, 5) is 12.5. The van der Waals surface area contributed by atoms with Crippen LogP contribution in [0.5, 0.6) is 0 Å². The van der Waals surface area contributed by atoms with E-state index in [2.05, 4.69) is 40.3 Å². The molecular weight excluding hydrogens is 310 g/mol. The SMILES string of the molecule is Cc1cccc(-n2c(C)cc(C(=O)NC3CCNC3)c2C)c1.Cl. The molecule has 0 radical (unpaired) electrons. The van der Waals surface area contributed by atoms with Crippen LogP contribution < -0.4 is 10.6 Å². The second-order valence-electron chi connectivity index (χ2n) is 6.12. The molecule has 2 aromatic rings. The van der Waals surface area contributed by atoms with E-state index < -0.39 is 0 Å². The van der Waals surface area contributed by atoms with Gasteiger partial charge in [0.25, 0.3) is 5.91 Å². The zero-order valence-electron chi connectivity index (χ0n) is 13.8. The minimum absolute atomic E-state index is 0. The zero-order valence-corrected chi connectivity index (χ0v) is 14.7. The lowest BCUT2D eigenvalue weighted by Crippen LogP contribution is -2.36. The first-order valence-corrected chi connectivity index (χ1v) is 7.84. The third-order valence-electron chi connectivity index (χ3n) is 4.33. The van der Waals surface area contributed by atoms with Gasteiger partial charge in [0.05, 0.1) is 5.56 Å². The number of halogens is 1. The van der Waals surface area contributed by atoms with E-state index in [0.29, 0.717) is 0 Å². The molecule has 2 heterocycles. The Kier molecular flexibility index (Phi) is 5.50. The monoisotopic (exact) mass is 333 g/mol. The Morgan fingerprint density at radius 1 is 1.26 bits per heavy atom. The van der Waals surface area contributed by atoms with Crippen LogP contribution in [0.2, 0.25) is 0 Å². The van der Waals surface area contributed by atoms with Gasteiger partial charge in [-0.3, -0.25) is 4.79 Å². The number of nitrogens with zero attached hydrogens (tertiary/aromatic N) is 1. The second kappa shape index (κ2) is 7.20. The van der Waals surface area contributed by atoms with Crippen molar-refractivity contribution in [2.24, 2.45) is 0 Å². The maximum Gasteiger partial charge on any atom is 0.253 e.